The van der Waals surface area contributed by atoms with Gasteiger partial charge in [0.1, 0.15) is 11.4 Å². The first kappa shape index (κ1) is 13.7. The molecule has 0 atom stereocenters. The van der Waals surface area contributed by atoms with Gasteiger partial charge in [0.05, 0.1) is 31.0 Å². The van der Waals surface area contributed by atoms with E-state index in [1.54, 1.807) is 7.11 Å². The van der Waals surface area contributed by atoms with Gasteiger partial charge in [-0.1, -0.05) is 0 Å². The number of benzene rings is 1. The topological polar surface area (TPSA) is 50.3 Å². The summed E-state index contributed by atoms with van der Waals surface area (Å²) in [5.41, 5.74) is 3.52. The van der Waals surface area contributed by atoms with E-state index in [2.05, 4.69) is 27.0 Å². The standard InChI is InChI=1S/C16H12BrN3O/c1-21-13-5-2-11(3-6-13)16-14(8-9-18)20-10-12(17)4-7-15(20)19-16/h2-7,10H,8H2,1H3. The van der Waals surface area contributed by atoms with Gasteiger partial charge in [0.15, 0.2) is 0 Å². The Hall–Kier alpha value is -2.32. The molecule has 3 aromatic rings. The van der Waals surface area contributed by atoms with Crippen molar-refractivity contribution in [3.8, 4) is 23.1 Å². The zero-order valence-electron chi connectivity index (χ0n) is 11.4. The maximum absolute atomic E-state index is 9.10. The fourth-order valence-corrected chi connectivity index (χ4v) is 2.63. The molecule has 0 bridgehead atoms. The highest BCUT2D eigenvalue weighted by Crippen LogP contribution is 2.27. The van der Waals surface area contributed by atoms with Gasteiger partial charge in [-0.15, -0.1) is 0 Å². The van der Waals surface area contributed by atoms with Gasteiger partial charge in [-0.25, -0.2) is 4.98 Å². The fraction of sp³-hybridized carbons (Fsp3) is 0.125. The van der Waals surface area contributed by atoms with Crippen molar-refractivity contribution in [3.63, 3.8) is 0 Å². The van der Waals surface area contributed by atoms with Crippen molar-refractivity contribution in [2.45, 2.75) is 6.42 Å². The maximum Gasteiger partial charge on any atom is 0.137 e. The third-order valence-electron chi connectivity index (χ3n) is 3.29. The SMILES string of the molecule is COc1ccc(-c2nc3ccc(Br)cn3c2CC#N)cc1. The highest BCUT2D eigenvalue weighted by molar-refractivity contribution is 9.10. The Labute approximate surface area is 130 Å². The lowest BCUT2D eigenvalue weighted by atomic mass is 10.1. The van der Waals surface area contributed by atoms with Crippen molar-refractivity contribution in [1.29, 1.82) is 5.26 Å². The average Bonchev–Trinajstić information content (AvgIpc) is 2.86. The van der Waals surface area contributed by atoms with Crippen LogP contribution in [0.15, 0.2) is 47.1 Å². The van der Waals surface area contributed by atoms with Gasteiger partial charge < -0.3 is 9.14 Å². The Morgan fingerprint density at radius 1 is 1.24 bits per heavy atom. The molecule has 2 aromatic heterocycles. The van der Waals surface area contributed by atoms with Crippen LogP contribution in [0.3, 0.4) is 0 Å². The van der Waals surface area contributed by atoms with E-state index in [0.29, 0.717) is 6.42 Å². The first-order valence-electron chi connectivity index (χ1n) is 6.41. The van der Waals surface area contributed by atoms with E-state index in [1.807, 2.05) is 47.0 Å². The second-order valence-corrected chi connectivity index (χ2v) is 5.46. The van der Waals surface area contributed by atoms with Gasteiger partial charge in [-0.3, -0.25) is 0 Å². The number of halogens is 1. The number of rotatable bonds is 3. The lowest BCUT2D eigenvalue weighted by Crippen LogP contribution is -1.93. The van der Waals surface area contributed by atoms with Crippen LogP contribution >= 0.6 is 15.9 Å². The number of ether oxygens (including phenoxy) is 1. The summed E-state index contributed by atoms with van der Waals surface area (Å²) in [7, 11) is 1.64. The minimum atomic E-state index is 0.305. The van der Waals surface area contributed by atoms with Crippen LogP contribution in [0.4, 0.5) is 0 Å². The second kappa shape index (κ2) is 5.58. The normalized spacial score (nSPS) is 10.5. The Bertz CT molecular complexity index is 831. The first-order chi connectivity index (χ1) is 10.2. The van der Waals surface area contributed by atoms with Gasteiger partial charge in [0, 0.05) is 16.2 Å². The maximum atomic E-state index is 9.10. The number of hydrogen-bond donors (Lipinski definition) is 0. The molecule has 3 rings (SSSR count). The molecule has 104 valence electrons. The zero-order chi connectivity index (χ0) is 14.8. The smallest absolute Gasteiger partial charge is 0.137 e. The molecule has 0 fully saturated rings. The summed E-state index contributed by atoms with van der Waals surface area (Å²) < 4.78 is 8.08. The minimum absolute atomic E-state index is 0.305. The Balaban J connectivity index is 2.20. The number of fused-ring (bicyclic) bond motifs is 1. The number of imidazole rings is 1. The number of nitriles is 1. The van der Waals surface area contributed by atoms with Crippen LogP contribution in [0.25, 0.3) is 16.9 Å². The van der Waals surface area contributed by atoms with Crippen molar-refractivity contribution in [3.05, 3.63) is 52.8 Å². The molecule has 0 aliphatic carbocycles. The number of methoxy groups -OCH3 is 1. The van der Waals surface area contributed by atoms with Gasteiger partial charge in [-0.2, -0.15) is 5.26 Å². The van der Waals surface area contributed by atoms with Crippen molar-refractivity contribution >= 4 is 21.6 Å². The molecule has 0 spiro atoms. The van der Waals surface area contributed by atoms with Crippen molar-refractivity contribution < 1.29 is 4.74 Å². The molecule has 0 N–H and O–H groups in total. The Morgan fingerprint density at radius 2 is 2.00 bits per heavy atom. The number of nitrogens with zero attached hydrogens (tertiary/aromatic N) is 3. The van der Waals surface area contributed by atoms with Crippen LogP contribution in [-0.2, 0) is 6.42 Å². The first-order valence-corrected chi connectivity index (χ1v) is 7.20. The fourth-order valence-electron chi connectivity index (χ4n) is 2.29. The summed E-state index contributed by atoms with van der Waals surface area (Å²) in [4.78, 5) is 4.65. The van der Waals surface area contributed by atoms with E-state index in [0.717, 1.165) is 32.8 Å². The van der Waals surface area contributed by atoms with Crippen molar-refractivity contribution in [2.24, 2.45) is 0 Å². The predicted octanol–water partition coefficient (Wildman–Crippen LogP) is 3.84. The number of aromatic nitrogens is 2. The van der Waals surface area contributed by atoms with Crippen LogP contribution < -0.4 is 4.74 Å². The predicted molar refractivity (Wildman–Crippen MR) is 84.2 cm³/mol. The zero-order valence-corrected chi connectivity index (χ0v) is 13.0. The molecule has 4 nitrogen and oxygen atoms in total. The van der Waals surface area contributed by atoms with Gasteiger partial charge in [0.2, 0.25) is 0 Å². The summed E-state index contributed by atoms with van der Waals surface area (Å²) in [6, 6.07) is 13.8. The molecular formula is C16H12BrN3O. The molecule has 21 heavy (non-hydrogen) atoms. The van der Waals surface area contributed by atoms with E-state index in [9.17, 15) is 0 Å². The quantitative estimate of drug-likeness (QED) is 0.727. The van der Waals surface area contributed by atoms with Crippen molar-refractivity contribution in [1.82, 2.24) is 9.38 Å². The average molecular weight is 342 g/mol. The van der Waals surface area contributed by atoms with E-state index < -0.39 is 0 Å². The third-order valence-corrected chi connectivity index (χ3v) is 3.76. The summed E-state index contributed by atoms with van der Waals surface area (Å²) in [5, 5.41) is 9.10. The number of pyridine rings is 1. The van der Waals surface area contributed by atoms with Crippen LogP contribution in [0.5, 0.6) is 5.75 Å². The number of hydrogen-bond acceptors (Lipinski definition) is 3. The molecule has 0 aliphatic heterocycles. The van der Waals surface area contributed by atoms with E-state index in [4.69, 9.17) is 10.00 Å². The lowest BCUT2D eigenvalue weighted by Gasteiger charge is -2.03. The molecule has 1 aromatic carbocycles. The summed E-state index contributed by atoms with van der Waals surface area (Å²) in [6.45, 7) is 0. The van der Waals surface area contributed by atoms with Crippen LogP contribution in [0, 0.1) is 11.3 Å². The third kappa shape index (κ3) is 2.50. The molecule has 0 saturated heterocycles. The highest BCUT2D eigenvalue weighted by Gasteiger charge is 2.14. The van der Waals surface area contributed by atoms with Gasteiger partial charge in [-0.05, 0) is 52.3 Å². The largest absolute Gasteiger partial charge is 0.497 e. The van der Waals surface area contributed by atoms with Crippen LogP contribution in [0.2, 0.25) is 0 Å². The Kier molecular flexibility index (Phi) is 3.63. The van der Waals surface area contributed by atoms with Gasteiger partial charge >= 0.3 is 0 Å². The highest BCUT2D eigenvalue weighted by atomic mass is 79.9. The molecule has 0 aliphatic rings. The van der Waals surface area contributed by atoms with E-state index in [-0.39, 0.29) is 0 Å². The molecule has 0 unspecified atom stereocenters. The molecule has 2 heterocycles. The summed E-state index contributed by atoms with van der Waals surface area (Å²) in [6.07, 6.45) is 2.24. The monoisotopic (exact) mass is 341 g/mol. The molecule has 0 amide bonds. The van der Waals surface area contributed by atoms with Crippen LogP contribution in [0.1, 0.15) is 5.69 Å². The van der Waals surface area contributed by atoms with Gasteiger partial charge in [0.25, 0.3) is 0 Å². The second-order valence-electron chi connectivity index (χ2n) is 4.55. The van der Waals surface area contributed by atoms with Crippen molar-refractivity contribution in [2.75, 3.05) is 7.11 Å². The Morgan fingerprint density at radius 3 is 2.67 bits per heavy atom. The molecule has 0 saturated carbocycles. The molecular weight excluding hydrogens is 330 g/mol. The lowest BCUT2D eigenvalue weighted by molar-refractivity contribution is 0.415. The van der Waals surface area contributed by atoms with Crippen LogP contribution in [-0.4, -0.2) is 16.5 Å². The summed E-state index contributed by atoms with van der Waals surface area (Å²) in [5.74, 6) is 0.798. The minimum Gasteiger partial charge on any atom is -0.497 e. The van der Waals surface area contributed by atoms with E-state index in [1.165, 1.54) is 0 Å². The molecule has 5 heteroatoms. The molecule has 0 radical (unpaired) electrons. The summed E-state index contributed by atoms with van der Waals surface area (Å²) >= 11 is 3.45. The van der Waals surface area contributed by atoms with E-state index >= 15 is 0 Å².